The molecule has 4 aromatic carbocycles. The van der Waals surface area contributed by atoms with Crippen LogP contribution in [0.5, 0.6) is 0 Å². The van der Waals surface area contributed by atoms with E-state index in [1.54, 1.807) is 0 Å². The maximum Gasteiger partial charge on any atom is 0.408 e. The highest BCUT2D eigenvalue weighted by Crippen LogP contribution is 2.36. The van der Waals surface area contributed by atoms with Crippen molar-refractivity contribution in [2.24, 2.45) is 7.05 Å². The first-order chi connectivity index (χ1) is 15.9. The maximum atomic E-state index is 3.80. The number of nitrogens with one attached hydrogen (secondary N) is 2. The molecule has 2 heterocycles. The number of hydrogen-bond donors (Lipinski definition) is 2. The average Bonchev–Trinajstić information content (AvgIpc) is 3.11. The number of aryl methyl sites for hydroxylation is 1. The largest absolute Gasteiger partial charge is 0.408 e. The summed E-state index contributed by atoms with van der Waals surface area (Å²) >= 11 is 0. The highest BCUT2D eigenvalue weighted by Gasteiger charge is 2.32. The molecular weight excluding hydrogens is 401 g/mol. The van der Waals surface area contributed by atoms with Crippen molar-refractivity contribution in [3.8, 4) is 11.3 Å². The zero-order chi connectivity index (χ0) is 22.7. The van der Waals surface area contributed by atoms with Crippen LogP contribution in [-0.2, 0) is 12.5 Å². The summed E-state index contributed by atoms with van der Waals surface area (Å²) in [5, 5.41) is 11.4. The van der Waals surface area contributed by atoms with E-state index in [1.165, 1.54) is 55.3 Å². The van der Waals surface area contributed by atoms with Crippen LogP contribution in [0.3, 0.4) is 0 Å². The number of nitrogens with zero attached hydrogens (tertiary/aromatic N) is 1. The monoisotopic (exact) mass is 429 g/mol. The lowest BCUT2D eigenvalue weighted by Gasteiger charge is -2.27. The Morgan fingerprint density at radius 2 is 1.36 bits per heavy atom. The number of rotatable bonds is 2. The predicted molar refractivity (Wildman–Crippen MR) is 144 cm³/mol. The van der Waals surface area contributed by atoms with Crippen molar-refractivity contribution in [1.29, 1.82) is 0 Å². The molecule has 0 atom stereocenters. The van der Waals surface area contributed by atoms with E-state index in [0.29, 0.717) is 0 Å². The lowest BCUT2D eigenvalue weighted by atomic mass is 9.64. The summed E-state index contributed by atoms with van der Waals surface area (Å²) in [6.07, 6.45) is 0. The predicted octanol–water partition coefficient (Wildman–Crippen LogP) is 6.53. The van der Waals surface area contributed by atoms with Crippen LogP contribution in [0, 0.1) is 0 Å². The Labute approximate surface area is 195 Å². The lowest BCUT2D eigenvalue weighted by molar-refractivity contribution is 0.590. The Kier molecular flexibility index (Phi) is 4.35. The van der Waals surface area contributed by atoms with Gasteiger partial charge >= 0.3 is 6.98 Å². The van der Waals surface area contributed by atoms with Gasteiger partial charge in [-0.15, -0.1) is 0 Å². The zero-order valence-corrected chi connectivity index (χ0v) is 19.6. The van der Waals surface area contributed by atoms with Crippen LogP contribution < -0.4 is 15.9 Å². The Morgan fingerprint density at radius 1 is 0.727 bits per heavy atom. The summed E-state index contributed by atoms with van der Waals surface area (Å²) in [6, 6.07) is 30.8. The van der Waals surface area contributed by atoms with E-state index < -0.39 is 0 Å². The van der Waals surface area contributed by atoms with Gasteiger partial charge in [-0.1, -0.05) is 87.5 Å². The van der Waals surface area contributed by atoms with E-state index in [2.05, 4.69) is 128 Å². The molecule has 0 aliphatic carbocycles. The van der Waals surface area contributed by atoms with Crippen molar-refractivity contribution >= 4 is 45.5 Å². The Hall–Kier alpha value is -3.66. The second-order valence-corrected chi connectivity index (χ2v) is 10.1. The summed E-state index contributed by atoms with van der Waals surface area (Å²) < 4.78 is 2.33. The maximum absolute atomic E-state index is 3.80. The normalized spacial score (nSPS) is 13.3. The quantitative estimate of drug-likeness (QED) is 0.313. The number of aromatic nitrogens is 1. The SMILES string of the molecule is Cn1c(-c2ccc(C(C)(C)C)cc2)c(B2Nc3cccc4cccc(c34)N2)c2ccccc21. The van der Waals surface area contributed by atoms with Gasteiger partial charge in [0.15, 0.2) is 0 Å². The summed E-state index contributed by atoms with van der Waals surface area (Å²) in [4.78, 5) is 0. The van der Waals surface area contributed by atoms with Gasteiger partial charge in [-0.3, -0.25) is 0 Å². The second-order valence-electron chi connectivity index (χ2n) is 10.1. The Balaban J connectivity index is 1.55. The molecule has 3 nitrogen and oxygen atoms in total. The van der Waals surface area contributed by atoms with E-state index in [9.17, 15) is 0 Å². The molecule has 4 heteroatoms. The van der Waals surface area contributed by atoms with Crippen molar-refractivity contribution in [1.82, 2.24) is 4.57 Å². The molecule has 0 saturated carbocycles. The van der Waals surface area contributed by atoms with Crippen molar-refractivity contribution in [2.45, 2.75) is 26.2 Å². The molecule has 162 valence electrons. The minimum atomic E-state index is -0.0334. The van der Waals surface area contributed by atoms with E-state index in [0.717, 1.165) is 0 Å². The van der Waals surface area contributed by atoms with Gasteiger partial charge in [0.1, 0.15) is 0 Å². The molecule has 6 rings (SSSR count). The molecule has 0 unspecified atom stereocenters. The van der Waals surface area contributed by atoms with Crippen molar-refractivity contribution in [2.75, 3.05) is 10.5 Å². The van der Waals surface area contributed by atoms with Crippen LogP contribution in [0.15, 0.2) is 84.9 Å². The highest BCUT2D eigenvalue weighted by molar-refractivity contribution is 6.83. The fourth-order valence-electron chi connectivity index (χ4n) is 5.27. The van der Waals surface area contributed by atoms with Gasteiger partial charge in [0.2, 0.25) is 0 Å². The van der Waals surface area contributed by atoms with Gasteiger partial charge < -0.3 is 15.0 Å². The zero-order valence-electron chi connectivity index (χ0n) is 19.6. The third-order valence-corrected chi connectivity index (χ3v) is 6.96. The van der Waals surface area contributed by atoms with Crippen LogP contribution in [0.2, 0.25) is 0 Å². The second kappa shape index (κ2) is 7.18. The molecule has 1 aliphatic rings. The molecule has 0 saturated heterocycles. The topological polar surface area (TPSA) is 29.0 Å². The third kappa shape index (κ3) is 3.12. The molecule has 0 spiro atoms. The van der Waals surface area contributed by atoms with E-state index in [1.807, 2.05) is 0 Å². The van der Waals surface area contributed by atoms with Crippen LogP contribution in [0.25, 0.3) is 32.9 Å². The summed E-state index contributed by atoms with van der Waals surface area (Å²) in [7, 11) is 2.18. The highest BCUT2D eigenvalue weighted by atomic mass is 15.0. The summed E-state index contributed by atoms with van der Waals surface area (Å²) in [5.41, 5.74) is 8.83. The van der Waals surface area contributed by atoms with Crippen LogP contribution in [0.1, 0.15) is 26.3 Å². The van der Waals surface area contributed by atoms with Gasteiger partial charge in [0, 0.05) is 40.5 Å². The summed E-state index contributed by atoms with van der Waals surface area (Å²) in [5.74, 6) is 0. The average molecular weight is 429 g/mol. The van der Waals surface area contributed by atoms with Gasteiger partial charge in [-0.2, -0.15) is 0 Å². The third-order valence-electron chi connectivity index (χ3n) is 6.96. The van der Waals surface area contributed by atoms with Gasteiger partial charge in [-0.25, -0.2) is 0 Å². The number of hydrogen-bond acceptors (Lipinski definition) is 2. The molecule has 0 bridgehead atoms. The van der Waals surface area contributed by atoms with Gasteiger partial charge in [-0.05, 0) is 45.5 Å². The molecule has 1 aliphatic heterocycles. The first-order valence-electron chi connectivity index (χ1n) is 11.6. The van der Waals surface area contributed by atoms with Crippen molar-refractivity contribution in [3.63, 3.8) is 0 Å². The van der Waals surface area contributed by atoms with E-state index >= 15 is 0 Å². The van der Waals surface area contributed by atoms with Gasteiger partial charge in [0.05, 0.1) is 0 Å². The smallest absolute Gasteiger partial charge is 0.405 e. The van der Waals surface area contributed by atoms with Crippen LogP contribution >= 0.6 is 0 Å². The fraction of sp³-hybridized carbons (Fsp3) is 0.172. The first-order valence-corrected chi connectivity index (χ1v) is 11.6. The number of anilines is 2. The minimum absolute atomic E-state index is 0.0334. The van der Waals surface area contributed by atoms with Crippen molar-refractivity contribution in [3.05, 3.63) is 90.5 Å². The summed E-state index contributed by atoms with van der Waals surface area (Å²) in [6.45, 7) is 6.75. The minimum Gasteiger partial charge on any atom is -0.405 e. The molecule has 0 radical (unpaired) electrons. The molecular formula is C29H28BN3. The molecule has 2 N–H and O–H groups in total. The van der Waals surface area contributed by atoms with Crippen LogP contribution in [-0.4, -0.2) is 11.5 Å². The van der Waals surface area contributed by atoms with E-state index in [4.69, 9.17) is 0 Å². The Morgan fingerprint density at radius 3 is 2.00 bits per heavy atom. The number of fused-ring (bicyclic) bond motifs is 1. The fourth-order valence-corrected chi connectivity index (χ4v) is 5.27. The Bertz CT molecular complexity index is 1470. The molecule has 33 heavy (non-hydrogen) atoms. The van der Waals surface area contributed by atoms with Gasteiger partial charge in [0.25, 0.3) is 0 Å². The standard InChI is InChI=1S/C29H28BN3/c1-29(2,3)21-17-15-20(16-18-21)28-27(22-11-5-6-14-25(22)33(28)4)30-31-23-12-7-9-19-10-8-13-24(32-30)26(19)23/h5-18,31-32H,1-4H3. The van der Waals surface area contributed by atoms with E-state index in [-0.39, 0.29) is 12.4 Å². The molecule has 5 aromatic rings. The number of benzene rings is 4. The van der Waals surface area contributed by atoms with Crippen molar-refractivity contribution < 1.29 is 0 Å². The first kappa shape index (κ1) is 20.0. The molecule has 0 amide bonds. The molecule has 1 aromatic heterocycles. The molecule has 0 fully saturated rings. The van der Waals surface area contributed by atoms with Crippen LogP contribution in [0.4, 0.5) is 11.4 Å². The lowest BCUT2D eigenvalue weighted by Crippen LogP contribution is -2.48. The number of para-hydroxylation sites is 1.